The maximum atomic E-state index is 12.0. The Balaban J connectivity index is 1.52. The molecule has 0 radical (unpaired) electrons. The van der Waals surface area contributed by atoms with Crippen LogP contribution in [0.3, 0.4) is 0 Å². The summed E-state index contributed by atoms with van der Waals surface area (Å²) in [5.41, 5.74) is 1.53. The Labute approximate surface area is 179 Å². The number of fused-ring (bicyclic) bond motifs is 1. The van der Waals surface area contributed by atoms with Gasteiger partial charge in [0.2, 0.25) is 0 Å². The van der Waals surface area contributed by atoms with E-state index in [1.807, 2.05) is 30.8 Å². The lowest BCUT2D eigenvalue weighted by atomic mass is 10.00. The van der Waals surface area contributed by atoms with E-state index in [1.165, 1.54) is 0 Å². The second kappa shape index (κ2) is 10.7. The Hall–Kier alpha value is -2.03. The van der Waals surface area contributed by atoms with E-state index in [4.69, 9.17) is 10.1 Å². The summed E-state index contributed by atoms with van der Waals surface area (Å²) < 4.78 is 1.02. The molecule has 0 bridgehead atoms. The maximum absolute atomic E-state index is 12.0. The van der Waals surface area contributed by atoms with Gasteiger partial charge in [-0.3, -0.25) is 4.79 Å². The molecule has 8 heteroatoms. The highest BCUT2D eigenvalue weighted by atomic mass is 32.2. The molecule has 1 aromatic carbocycles. The second-order valence-electron chi connectivity index (χ2n) is 6.99. The van der Waals surface area contributed by atoms with Crippen molar-refractivity contribution in [2.45, 2.75) is 37.5 Å². The number of hydrogen-bond donors (Lipinski definition) is 2. The van der Waals surface area contributed by atoms with Gasteiger partial charge in [0.1, 0.15) is 5.82 Å². The summed E-state index contributed by atoms with van der Waals surface area (Å²) in [6, 6.07) is 5.55. The number of aryl methyl sites for hydroxylation is 2. The molecule has 0 unspecified atom stereocenters. The molecule has 6 nitrogen and oxygen atoms in total. The fourth-order valence-electron chi connectivity index (χ4n) is 2.96. The van der Waals surface area contributed by atoms with E-state index in [1.54, 1.807) is 29.2 Å². The topological polar surface area (TPSA) is 88.0 Å². The van der Waals surface area contributed by atoms with Gasteiger partial charge >= 0.3 is 0 Å². The number of benzene rings is 1. The smallest absolute Gasteiger partial charge is 0.251 e. The van der Waals surface area contributed by atoms with Crippen LogP contribution in [0.2, 0.25) is 0 Å². The summed E-state index contributed by atoms with van der Waals surface area (Å²) in [7, 11) is 0. The largest absolute Gasteiger partial charge is 0.395 e. The first kappa shape index (κ1) is 21.7. The van der Waals surface area contributed by atoms with Crippen LogP contribution >= 0.6 is 23.1 Å². The van der Waals surface area contributed by atoms with Gasteiger partial charge in [0.15, 0.2) is 0 Å². The van der Waals surface area contributed by atoms with Crippen molar-refractivity contribution in [3.8, 4) is 0 Å². The summed E-state index contributed by atoms with van der Waals surface area (Å²) >= 11 is 3.30. The summed E-state index contributed by atoms with van der Waals surface area (Å²) in [5.74, 6) is 1.30. The van der Waals surface area contributed by atoms with Gasteiger partial charge < -0.3 is 10.4 Å². The number of nitrogens with zero attached hydrogens (tertiary/aromatic N) is 3. The number of carbonyl (C=O) groups is 1. The molecule has 3 rings (SSSR count). The van der Waals surface area contributed by atoms with Crippen molar-refractivity contribution in [3.05, 3.63) is 47.0 Å². The Kier molecular flexibility index (Phi) is 7.97. The fourth-order valence-corrected chi connectivity index (χ4v) is 4.30. The third-order valence-electron chi connectivity index (χ3n) is 4.72. The lowest BCUT2D eigenvalue weighted by Crippen LogP contribution is -2.26. The first-order chi connectivity index (χ1) is 14.1. The van der Waals surface area contributed by atoms with Crippen molar-refractivity contribution in [2.75, 3.05) is 19.4 Å². The molecule has 0 aliphatic heterocycles. The second-order valence-corrected chi connectivity index (χ2v) is 8.99. The van der Waals surface area contributed by atoms with Crippen molar-refractivity contribution >= 4 is 39.2 Å². The molecule has 1 amide bonds. The number of thiazole rings is 1. The summed E-state index contributed by atoms with van der Waals surface area (Å²) in [4.78, 5) is 26.7. The summed E-state index contributed by atoms with van der Waals surface area (Å²) in [5, 5.41) is 12.6. The van der Waals surface area contributed by atoms with Gasteiger partial charge in [-0.05, 0) is 49.6 Å². The lowest BCUT2D eigenvalue weighted by Gasteiger charge is -2.09. The van der Waals surface area contributed by atoms with Crippen LogP contribution in [0, 0.1) is 5.92 Å². The molecule has 0 spiro atoms. The minimum absolute atomic E-state index is 0.0634. The SMILES string of the molecule is CSc1cnc(CC[C@H](C)CCc2nc3ccc(C(=O)NCCO)cc3s2)nc1. The van der Waals surface area contributed by atoms with Gasteiger partial charge in [-0.1, -0.05) is 6.92 Å². The molecule has 0 aliphatic rings. The van der Waals surface area contributed by atoms with Crippen LogP contribution in [-0.4, -0.2) is 45.4 Å². The average Bonchev–Trinajstić information content (AvgIpc) is 3.17. The zero-order valence-electron chi connectivity index (χ0n) is 16.7. The third-order valence-corrected chi connectivity index (χ3v) is 6.48. The van der Waals surface area contributed by atoms with Gasteiger partial charge in [0, 0.05) is 35.8 Å². The first-order valence-corrected chi connectivity index (χ1v) is 11.8. The van der Waals surface area contributed by atoms with Crippen molar-refractivity contribution in [1.29, 1.82) is 0 Å². The van der Waals surface area contributed by atoms with E-state index in [0.29, 0.717) is 11.5 Å². The average molecular weight is 431 g/mol. The normalized spacial score (nSPS) is 12.2. The molecule has 1 atom stereocenters. The van der Waals surface area contributed by atoms with Crippen LogP contribution in [-0.2, 0) is 12.8 Å². The van der Waals surface area contributed by atoms with Crippen LogP contribution in [0.5, 0.6) is 0 Å². The predicted molar refractivity (Wildman–Crippen MR) is 119 cm³/mol. The van der Waals surface area contributed by atoms with E-state index < -0.39 is 0 Å². The molecule has 2 N–H and O–H groups in total. The van der Waals surface area contributed by atoms with Crippen LogP contribution in [0.15, 0.2) is 35.5 Å². The van der Waals surface area contributed by atoms with Crippen molar-refractivity contribution in [2.24, 2.45) is 5.92 Å². The fraction of sp³-hybridized carbons (Fsp3) is 0.429. The van der Waals surface area contributed by atoms with Gasteiger partial charge in [-0.25, -0.2) is 15.0 Å². The minimum atomic E-state index is -0.169. The first-order valence-electron chi connectivity index (χ1n) is 9.72. The van der Waals surface area contributed by atoms with E-state index in [-0.39, 0.29) is 19.1 Å². The van der Waals surface area contributed by atoms with Gasteiger partial charge in [-0.2, -0.15) is 0 Å². The van der Waals surface area contributed by atoms with E-state index in [0.717, 1.165) is 51.6 Å². The zero-order chi connectivity index (χ0) is 20.6. The van der Waals surface area contributed by atoms with Gasteiger partial charge in [-0.15, -0.1) is 23.1 Å². The molecule has 2 aromatic heterocycles. The molecule has 3 aromatic rings. The Morgan fingerprint density at radius 2 is 2.00 bits per heavy atom. The van der Waals surface area contributed by atoms with Crippen LogP contribution < -0.4 is 5.32 Å². The molecular formula is C21H26N4O2S2. The number of amides is 1. The number of carbonyl (C=O) groups excluding carboxylic acids is 1. The van der Waals surface area contributed by atoms with Gasteiger partial charge in [0.25, 0.3) is 5.91 Å². The Morgan fingerprint density at radius 1 is 1.24 bits per heavy atom. The standard InChI is InChI=1S/C21H26N4O2S2/c1-14(3-7-19-23-12-16(28-2)13-24-19)4-8-20-25-17-6-5-15(11-18(17)29-20)21(27)22-9-10-26/h5-6,11-14,26H,3-4,7-10H2,1-2H3,(H,22,27)/t14-/m0/s1. The third kappa shape index (κ3) is 6.22. The van der Waals surface area contributed by atoms with Crippen molar-refractivity contribution < 1.29 is 9.90 Å². The molecule has 0 fully saturated rings. The quantitative estimate of drug-likeness (QED) is 0.477. The molecule has 0 saturated heterocycles. The predicted octanol–water partition coefficient (Wildman–Crippen LogP) is 3.73. The van der Waals surface area contributed by atoms with E-state index in [9.17, 15) is 4.79 Å². The molecular weight excluding hydrogens is 404 g/mol. The van der Waals surface area contributed by atoms with Crippen molar-refractivity contribution in [1.82, 2.24) is 20.3 Å². The number of thioether (sulfide) groups is 1. The molecule has 0 saturated carbocycles. The highest BCUT2D eigenvalue weighted by molar-refractivity contribution is 7.98. The number of aromatic nitrogens is 3. The highest BCUT2D eigenvalue weighted by Crippen LogP contribution is 2.25. The number of hydrogen-bond acceptors (Lipinski definition) is 7. The molecule has 2 heterocycles. The number of aliphatic hydroxyl groups is 1. The lowest BCUT2D eigenvalue weighted by molar-refractivity contribution is 0.0945. The zero-order valence-corrected chi connectivity index (χ0v) is 18.4. The Bertz CT molecular complexity index is 944. The van der Waals surface area contributed by atoms with Crippen LogP contribution in [0.1, 0.15) is 41.0 Å². The van der Waals surface area contributed by atoms with Crippen LogP contribution in [0.25, 0.3) is 10.2 Å². The monoisotopic (exact) mass is 430 g/mol. The molecule has 29 heavy (non-hydrogen) atoms. The molecule has 0 aliphatic carbocycles. The molecule has 154 valence electrons. The maximum Gasteiger partial charge on any atom is 0.251 e. The summed E-state index contributed by atoms with van der Waals surface area (Å²) in [6.07, 6.45) is 9.73. The Morgan fingerprint density at radius 3 is 2.72 bits per heavy atom. The number of rotatable bonds is 10. The van der Waals surface area contributed by atoms with Crippen LogP contribution in [0.4, 0.5) is 0 Å². The van der Waals surface area contributed by atoms with Crippen molar-refractivity contribution in [3.63, 3.8) is 0 Å². The highest BCUT2D eigenvalue weighted by Gasteiger charge is 2.11. The minimum Gasteiger partial charge on any atom is -0.395 e. The number of aliphatic hydroxyl groups excluding tert-OH is 1. The number of nitrogens with one attached hydrogen (secondary N) is 1. The van der Waals surface area contributed by atoms with E-state index >= 15 is 0 Å². The van der Waals surface area contributed by atoms with Gasteiger partial charge in [0.05, 0.1) is 21.8 Å². The van der Waals surface area contributed by atoms with E-state index in [2.05, 4.69) is 22.2 Å². The summed E-state index contributed by atoms with van der Waals surface area (Å²) in [6.45, 7) is 2.45.